The van der Waals surface area contributed by atoms with Crippen LogP contribution in [-0.4, -0.2) is 28.1 Å². The first-order valence-corrected chi connectivity index (χ1v) is 10.7. The smallest absolute Gasteiger partial charge is 0.387 e. The number of rotatable bonds is 9. The maximum atomic E-state index is 12.7. The molecule has 0 aliphatic rings. The molecule has 3 aromatic carbocycles. The lowest BCUT2D eigenvalue weighted by atomic mass is 10.2. The molecule has 168 valence electrons. The van der Waals surface area contributed by atoms with E-state index in [1.165, 1.54) is 55.6 Å². The maximum absolute atomic E-state index is 12.7. The average Bonchev–Trinajstić information content (AvgIpc) is 2.78. The zero-order valence-electron chi connectivity index (χ0n) is 16.8. The topological polar surface area (TPSA) is 90.9 Å². The first kappa shape index (κ1) is 23.0. The molecule has 0 saturated carbocycles. The van der Waals surface area contributed by atoms with E-state index in [2.05, 4.69) is 9.46 Å². The van der Waals surface area contributed by atoms with Crippen LogP contribution < -0.4 is 14.2 Å². The SMILES string of the molecule is COc1ccc(NS(=O)(=O)c2cccc(C(=O)OCc3ccccc3OC(F)F)c2)cc1. The van der Waals surface area contributed by atoms with Gasteiger partial charge in [0, 0.05) is 11.3 Å². The standard InChI is InChI=1S/C22H19F2NO6S/c1-29-18-11-9-17(10-12-18)25-32(27,28)19-7-4-6-15(13-19)21(26)30-14-16-5-2-3-8-20(16)31-22(23)24/h2-13,22,25H,14H2,1H3. The van der Waals surface area contributed by atoms with E-state index in [-0.39, 0.29) is 28.4 Å². The van der Waals surface area contributed by atoms with Gasteiger partial charge in [-0.2, -0.15) is 8.78 Å². The Morgan fingerprint density at radius 1 is 1.00 bits per heavy atom. The Kier molecular flexibility index (Phi) is 7.26. The molecule has 0 bridgehead atoms. The van der Waals surface area contributed by atoms with E-state index in [9.17, 15) is 22.0 Å². The summed E-state index contributed by atoms with van der Waals surface area (Å²) in [6.07, 6.45) is 0. The van der Waals surface area contributed by atoms with E-state index >= 15 is 0 Å². The largest absolute Gasteiger partial charge is 0.497 e. The molecule has 0 fully saturated rings. The Labute approximate surface area is 183 Å². The summed E-state index contributed by atoms with van der Waals surface area (Å²) in [6.45, 7) is -3.35. The monoisotopic (exact) mass is 463 g/mol. The van der Waals surface area contributed by atoms with E-state index in [1.807, 2.05) is 0 Å². The third-order valence-electron chi connectivity index (χ3n) is 4.27. The molecule has 0 aromatic heterocycles. The number of hydrogen-bond acceptors (Lipinski definition) is 6. The Morgan fingerprint density at radius 2 is 1.72 bits per heavy atom. The fraction of sp³-hybridized carbons (Fsp3) is 0.136. The molecule has 0 aliphatic heterocycles. The summed E-state index contributed by atoms with van der Waals surface area (Å²) in [5.74, 6) is -0.369. The van der Waals surface area contributed by atoms with Crippen molar-refractivity contribution in [1.82, 2.24) is 0 Å². The lowest BCUT2D eigenvalue weighted by Gasteiger charge is -2.12. The summed E-state index contributed by atoms with van der Waals surface area (Å²) in [5, 5.41) is 0. The number of benzene rings is 3. The van der Waals surface area contributed by atoms with Gasteiger partial charge in [-0.3, -0.25) is 4.72 Å². The molecule has 3 rings (SSSR count). The molecule has 3 aromatic rings. The van der Waals surface area contributed by atoms with Crippen molar-refractivity contribution in [3.63, 3.8) is 0 Å². The number of carbonyl (C=O) groups excluding carboxylic acids is 1. The van der Waals surface area contributed by atoms with Crippen LogP contribution in [0.1, 0.15) is 15.9 Å². The van der Waals surface area contributed by atoms with Crippen LogP contribution in [0.5, 0.6) is 11.5 Å². The minimum atomic E-state index is -3.98. The highest BCUT2D eigenvalue weighted by Gasteiger charge is 2.18. The molecule has 10 heteroatoms. The number of halogens is 2. The lowest BCUT2D eigenvalue weighted by molar-refractivity contribution is -0.0510. The second-order valence-electron chi connectivity index (χ2n) is 6.42. The van der Waals surface area contributed by atoms with Gasteiger partial charge in [0.1, 0.15) is 18.1 Å². The summed E-state index contributed by atoms with van der Waals surface area (Å²) in [5.41, 5.74) is 0.537. The number of alkyl halides is 2. The quantitative estimate of drug-likeness (QED) is 0.472. The second-order valence-corrected chi connectivity index (χ2v) is 8.11. The van der Waals surface area contributed by atoms with Crippen molar-refractivity contribution in [2.75, 3.05) is 11.8 Å². The number of ether oxygens (including phenoxy) is 3. The van der Waals surface area contributed by atoms with Crippen LogP contribution in [0.3, 0.4) is 0 Å². The predicted molar refractivity (Wildman–Crippen MR) is 112 cm³/mol. The number of anilines is 1. The predicted octanol–water partition coefficient (Wildman–Crippen LogP) is 4.45. The van der Waals surface area contributed by atoms with E-state index in [0.29, 0.717) is 11.4 Å². The molecule has 7 nitrogen and oxygen atoms in total. The summed E-state index contributed by atoms with van der Waals surface area (Å²) in [6, 6.07) is 17.4. The minimum Gasteiger partial charge on any atom is -0.497 e. The van der Waals surface area contributed by atoms with Gasteiger partial charge in [-0.25, -0.2) is 13.2 Å². The third-order valence-corrected chi connectivity index (χ3v) is 5.65. The van der Waals surface area contributed by atoms with E-state index < -0.39 is 22.6 Å². The highest BCUT2D eigenvalue weighted by molar-refractivity contribution is 7.92. The molecule has 32 heavy (non-hydrogen) atoms. The molecule has 0 saturated heterocycles. The summed E-state index contributed by atoms with van der Waals surface area (Å²) >= 11 is 0. The number of sulfonamides is 1. The molecule has 0 heterocycles. The first-order chi connectivity index (χ1) is 15.3. The van der Waals surface area contributed by atoms with Gasteiger partial charge in [0.05, 0.1) is 17.6 Å². The fourth-order valence-electron chi connectivity index (χ4n) is 2.72. The van der Waals surface area contributed by atoms with Crippen LogP contribution in [0, 0.1) is 0 Å². The van der Waals surface area contributed by atoms with Gasteiger partial charge in [0.2, 0.25) is 0 Å². The molecule has 0 radical (unpaired) electrons. The van der Waals surface area contributed by atoms with Crippen molar-refractivity contribution in [3.8, 4) is 11.5 Å². The Balaban J connectivity index is 1.71. The van der Waals surface area contributed by atoms with Crippen LogP contribution in [0.2, 0.25) is 0 Å². The van der Waals surface area contributed by atoms with Crippen LogP contribution in [0.4, 0.5) is 14.5 Å². The summed E-state index contributed by atoms with van der Waals surface area (Å²) < 4.78 is 67.4. The number of methoxy groups -OCH3 is 1. The average molecular weight is 463 g/mol. The van der Waals surface area contributed by atoms with Crippen molar-refractivity contribution in [1.29, 1.82) is 0 Å². The highest BCUT2D eigenvalue weighted by Crippen LogP contribution is 2.23. The first-order valence-electron chi connectivity index (χ1n) is 9.25. The number of hydrogen-bond donors (Lipinski definition) is 1. The Bertz CT molecular complexity index is 1180. The van der Waals surface area contributed by atoms with E-state index in [4.69, 9.17) is 9.47 Å². The van der Waals surface area contributed by atoms with Crippen LogP contribution in [-0.2, 0) is 21.4 Å². The van der Waals surface area contributed by atoms with Crippen molar-refractivity contribution in [3.05, 3.63) is 83.9 Å². The molecule has 0 aliphatic carbocycles. The molecule has 0 amide bonds. The number of carbonyl (C=O) groups is 1. The maximum Gasteiger partial charge on any atom is 0.387 e. The molecular weight excluding hydrogens is 444 g/mol. The Morgan fingerprint density at radius 3 is 2.41 bits per heavy atom. The molecule has 0 atom stereocenters. The normalized spacial score (nSPS) is 11.1. The van der Waals surface area contributed by atoms with Crippen LogP contribution in [0.25, 0.3) is 0 Å². The number of esters is 1. The molecule has 0 spiro atoms. The van der Waals surface area contributed by atoms with Gasteiger partial charge in [-0.1, -0.05) is 24.3 Å². The van der Waals surface area contributed by atoms with Gasteiger partial charge >= 0.3 is 12.6 Å². The Hall–Kier alpha value is -3.66. The number of nitrogens with one attached hydrogen (secondary N) is 1. The lowest BCUT2D eigenvalue weighted by Crippen LogP contribution is -2.14. The summed E-state index contributed by atoms with van der Waals surface area (Å²) in [7, 11) is -2.48. The van der Waals surface area contributed by atoms with Crippen molar-refractivity contribution < 1.29 is 36.2 Å². The van der Waals surface area contributed by atoms with Crippen LogP contribution >= 0.6 is 0 Å². The van der Waals surface area contributed by atoms with Gasteiger partial charge in [0.15, 0.2) is 0 Å². The third kappa shape index (κ3) is 5.94. The second kappa shape index (κ2) is 10.1. The zero-order valence-corrected chi connectivity index (χ0v) is 17.6. The fourth-order valence-corrected chi connectivity index (χ4v) is 3.83. The van der Waals surface area contributed by atoms with Gasteiger partial charge in [-0.05, 0) is 48.5 Å². The van der Waals surface area contributed by atoms with Gasteiger partial charge in [0.25, 0.3) is 10.0 Å². The van der Waals surface area contributed by atoms with Crippen LogP contribution in [0.15, 0.2) is 77.7 Å². The minimum absolute atomic E-state index is 0.0186. The highest BCUT2D eigenvalue weighted by atomic mass is 32.2. The molecular formula is C22H19F2NO6S. The zero-order chi connectivity index (χ0) is 23.1. The molecule has 1 N–H and O–H groups in total. The number of para-hydroxylation sites is 1. The summed E-state index contributed by atoms with van der Waals surface area (Å²) in [4.78, 5) is 12.3. The van der Waals surface area contributed by atoms with E-state index in [1.54, 1.807) is 18.2 Å². The molecule has 0 unspecified atom stereocenters. The van der Waals surface area contributed by atoms with Crippen molar-refractivity contribution in [2.24, 2.45) is 0 Å². The van der Waals surface area contributed by atoms with Crippen molar-refractivity contribution >= 4 is 21.7 Å². The van der Waals surface area contributed by atoms with E-state index in [0.717, 1.165) is 6.07 Å². The van der Waals surface area contributed by atoms with Crippen molar-refractivity contribution in [2.45, 2.75) is 18.1 Å². The van der Waals surface area contributed by atoms with Gasteiger partial charge in [-0.15, -0.1) is 0 Å². The van der Waals surface area contributed by atoms with Gasteiger partial charge < -0.3 is 14.2 Å².